The number of ether oxygens (including phenoxy) is 1. The summed E-state index contributed by atoms with van der Waals surface area (Å²) in [7, 11) is -3.30. The fourth-order valence-corrected chi connectivity index (χ4v) is 4.92. The normalized spacial score (nSPS) is 28.1. The fourth-order valence-electron chi connectivity index (χ4n) is 3.08. The summed E-state index contributed by atoms with van der Waals surface area (Å²) < 4.78 is 29.4. The third-order valence-corrected chi connectivity index (χ3v) is 5.83. The molecule has 21 heavy (non-hydrogen) atoms. The van der Waals surface area contributed by atoms with Crippen molar-refractivity contribution in [1.82, 2.24) is 0 Å². The Balaban J connectivity index is 2.37. The number of nitrogens with zero attached hydrogens (tertiary/aromatic N) is 1. The first-order chi connectivity index (χ1) is 9.90. The molecule has 0 aliphatic heterocycles. The van der Waals surface area contributed by atoms with Crippen molar-refractivity contribution in [2.45, 2.75) is 31.4 Å². The monoisotopic (exact) mass is 307 g/mol. The maximum atomic E-state index is 12.0. The van der Waals surface area contributed by atoms with Crippen LogP contribution in [0, 0.1) is 16.7 Å². The summed E-state index contributed by atoms with van der Waals surface area (Å²) in [6.45, 7) is 4.55. The summed E-state index contributed by atoms with van der Waals surface area (Å²) in [5.74, 6) is -0.296. The SMILES string of the molecule is CCOC[C@@]1(C#N)[C@H](S(C)(=O)=O)[C@@H]1c1ccc(CC)cc1. The molecule has 5 heteroatoms. The molecule has 3 atom stereocenters. The molecule has 114 valence electrons. The van der Waals surface area contributed by atoms with E-state index in [1.54, 1.807) is 0 Å². The van der Waals surface area contributed by atoms with Gasteiger partial charge in [-0.05, 0) is 24.5 Å². The first-order valence-corrected chi connectivity index (χ1v) is 9.12. The standard InChI is InChI=1S/C16H21NO3S/c1-4-12-6-8-13(9-7-12)14-15(21(3,18)19)16(14,10-17)11-20-5-2/h6-9,14-15H,4-5,11H2,1-3H3/t14-,15+,16+/m0/s1. The van der Waals surface area contributed by atoms with E-state index in [1.165, 1.54) is 11.8 Å². The van der Waals surface area contributed by atoms with Crippen molar-refractivity contribution in [2.24, 2.45) is 5.41 Å². The lowest BCUT2D eigenvalue weighted by Gasteiger charge is -2.09. The van der Waals surface area contributed by atoms with E-state index in [9.17, 15) is 13.7 Å². The van der Waals surface area contributed by atoms with Gasteiger partial charge >= 0.3 is 0 Å². The van der Waals surface area contributed by atoms with Gasteiger partial charge in [0.1, 0.15) is 5.41 Å². The van der Waals surface area contributed by atoms with Crippen molar-refractivity contribution >= 4 is 9.84 Å². The summed E-state index contributed by atoms with van der Waals surface area (Å²) in [5, 5.41) is 8.88. The molecule has 4 nitrogen and oxygen atoms in total. The van der Waals surface area contributed by atoms with Gasteiger partial charge in [-0.2, -0.15) is 5.26 Å². The van der Waals surface area contributed by atoms with Gasteiger partial charge in [-0.1, -0.05) is 31.2 Å². The van der Waals surface area contributed by atoms with Crippen LogP contribution < -0.4 is 0 Å². The average Bonchev–Trinajstić information content (AvgIpc) is 3.15. The van der Waals surface area contributed by atoms with Crippen LogP contribution in [0.15, 0.2) is 24.3 Å². The van der Waals surface area contributed by atoms with E-state index < -0.39 is 20.5 Å². The highest BCUT2D eigenvalue weighted by atomic mass is 32.2. The van der Waals surface area contributed by atoms with Crippen LogP contribution in [0.2, 0.25) is 0 Å². The minimum atomic E-state index is -3.30. The highest BCUT2D eigenvalue weighted by molar-refractivity contribution is 7.91. The molecule has 2 rings (SSSR count). The molecule has 0 unspecified atom stereocenters. The first-order valence-electron chi connectivity index (χ1n) is 7.17. The van der Waals surface area contributed by atoms with E-state index >= 15 is 0 Å². The second-order valence-electron chi connectivity index (χ2n) is 5.61. The molecule has 1 aromatic carbocycles. The molecule has 1 saturated carbocycles. The number of rotatable bonds is 6. The molecule has 0 bridgehead atoms. The van der Waals surface area contributed by atoms with E-state index in [0.717, 1.165) is 12.0 Å². The second-order valence-corrected chi connectivity index (χ2v) is 7.78. The number of hydrogen-bond donors (Lipinski definition) is 0. The van der Waals surface area contributed by atoms with Crippen molar-refractivity contribution < 1.29 is 13.2 Å². The van der Waals surface area contributed by atoms with Crippen molar-refractivity contribution in [3.63, 3.8) is 0 Å². The number of sulfone groups is 1. The molecule has 0 amide bonds. The summed E-state index contributed by atoms with van der Waals surface area (Å²) >= 11 is 0. The lowest BCUT2D eigenvalue weighted by atomic mass is 10.00. The van der Waals surface area contributed by atoms with Gasteiger partial charge in [0.2, 0.25) is 0 Å². The Labute approximate surface area is 126 Å². The first kappa shape index (κ1) is 16.0. The van der Waals surface area contributed by atoms with Gasteiger partial charge in [0.15, 0.2) is 9.84 Å². The summed E-state index contributed by atoms with van der Waals surface area (Å²) in [6, 6.07) is 10.1. The summed E-state index contributed by atoms with van der Waals surface area (Å²) in [4.78, 5) is 0. The largest absolute Gasteiger partial charge is 0.380 e. The van der Waals surface area contributed by atoms with Crippen molar-refractivity contribution in [1.29, 1.82) is 5.26 Å². The predicted molar refractivity (Wildman–Crippen MR) is 81.7 cm³/mol. The van der Waals surface area contributed by atoms with Crippen LogP contribution in [0.3, 0.4) is 0 Å². The summed E-state index contributed by atoms with van der Waals surface area (Å²) in [5.41, 5.74) is 1.16. The molecule has 1 aromatic rings. The van der Waals surface area contributed by atoms with Crippen LogP contribution >= 0.6 is 0 Å². The van der Waals surface area contributed by atoms with Crippen LogP contribution in [0.4, 0.5) is 0 Å². The third-order valence-electron chi connectivity index (χ3n) is 4.22. The molecule has 0 saturated heterocycles. The predicted octanol–water partition coefficient (Wildman–Crippen LogP) is 2.31. The Hall–Kier alpha value is -1.38. The molecule has 0 spiro atoms. The van der Waals surface area contributed by atoms with Gasteiger partial charge in [0, 0.05) is 18.8 Å². The zero-order valence-electron chi connectivity index (χ0n) is 12.7. The molecule has 0 aromatic heterocycles. The Morgan fingerprint density at radius 2 is 1.90 bits per heavy atom. The van der Waals surface area contributed by atoms with Crippen LogP contribution in [0.1, 0.15) is 30.9 Å². The number of hydrogen-bond acceptors (Lipinski definition) is 4. The van der Waals surface area contributed by atoms with Crippen LogP contribution in [-0.2, 0) is 21.0 Å². The average molecular weight is 307 g/mol. The number of nitriles is 1. The quantitative estimate of drug-likeness (QED) is 0.809. The van der Waals surface area contributed by atoms with E-state index in [-0.39, 0.29) is 12.5 Å². The lowest BCUT2D eigenvalue weighted by molar-refractivity contribution is 0.117. The number of aryl methyl sites for hydroxylation is 1. The molecule has 1 aliphatic carbocycles. The minimum absolute atomic E-state index is 0.165. The van der Waals surface area contributed by atoms with Crippen LogP contribution in [0.5, 0.6) is 0 Å². The Morgan fingerprint density at radius 3 is 2.33 bits per heavy atom. The van der Waals surface area contributed by atoms with Gasteiger partial charge in [0.25, 0.3) is 0 Å². The molecular formula is C16H21NO3S. The summed E-state index contributed by atoms with van der Waals surface area (Å²) in [6.07, 6.45) is 2.14. The topological polar surface area (TPSA) is 67.2 Å². The van der Waals surface area contributed by atoms with E-state index in [0.29, 0.717) is 6.61 Å². The Bertz CT molecular complexity index is 645. The van der Waals surface area contributed by atoms with Crippen LogP contribution in [-0.4, -0.2) is 33.1 Å². The van der Waals surface area contributed by atoms with Crippen molar-refractivity contribution in [3.8, 4) is 6.07 Å². The molecule has 0 radical (unpaired) electrons. The Kier molecular flexibility index (Phi) is 4.40. The highest BCUT2D eigenvalue weighted by Crippen LogP contribution is 2.62. The van der Waals surface area contributed by atoms with Gasteiger partial charge in [0.05, 0.1) is 17.9 Å². The maximum Gasteiger partial charge on any atom is 0.152 e. The van der Waals surface area contributed by atoms with Crippen molar-refractivity contribution in [2.75, 3.05) is 19.5 Å². The van der Waals surface area contributed by atoms with Gasteiger partial charge in [-0.25, -0.2) is 8.42 Å². The fraction of sp³-hybridized carbons (Fsp3) is 0.562. The van der Waals surface area contributed by atoms with Gasteiger partial charge in [-0.3, -0.25) is 0 Å². The lowest BCUT2D eigenvalue weighted by Crippen LogP contribution is -2.18. The molecular weight excluding hydrogens is 286 g/mol. The zero-order valence-corrected chi connectivity index (χ0v) is 13.5. The van der Waals surface area contributed by atoms with E-state index in [4.69, 9.17) is 4.74 Å². The molecule has 0 N–H and O–H groups in total. The van der Waals surface area contributed by atoms with E-state index in [1.807, 2.05) is 31.2 Å². The Morgan fingerprint density at radius 1 is 1.29 bits per heavy atom. The highest BCUT2D eigenvalue weighted by Gasteiger charge is 2.71. The third kappa shape index (κ3) is 2.83. The number of benzene rings is 1. The second kappa shape index (κ2) is 5.78. The van der Waals surface area contributed by atoms with Crippen molar-refractivity contribution in [3.05, 3.63) is 35.4 Å². The van der Waals surface area contributed by atoms with Gasteiger partial charge < -0.3 is 4.74 Å². The van der Waals surface area contributed by atoms with Gasteiger partial charge in [-0.15, -0.1) is 0 Å². The maximum absolute atomic E-state index is 12.0. The van der Waals surface area contributed by atoms with Crippen LogP contribution in [0.25, 0.3) is 0 Å². The molecule has 1 fully saturated rings. The molecule has 0 heterocycles. The zero-order chi connectivity index (χ0) is 15.7. The van der Waals surface area contributed by atoms with E-state index in [2.05, 4.69) is 13.0 Å². The smallest absolute Gasteiger partial charge is 0.152 e. The molecule has 1 aliphatic rings. The minimum Gasteiger partial charge on any atom is -0.380 e.